The lowest BCUT2D eigenvalue weighted by Gasteiger charge is -2.11. The summed E-state index contributed by atoms with van der Waals surface area (Å²) in [6, 6.07) is 7.78. The minimum absolute atomic E-state index is 0.164. The first-order valence-corrected chi connectivity index (χ1v) is 10.7. The third-order valence-corrected chi connectivity index (χ3v) is 6.00. The molecule has 10 heteroatoms. The van der Waals surface area contributed by atoms with Crippen LogP contribution in [0.5, 0.6) is 0 Å². The normalized spacial score (nSPS) is 11.6. The van der Waals surface area contributed by atoms with E-state index in [1.54, 1.807) is 0 Å². The molecule has 0 saturated carbocycles. The van der Waals surface area contributed by atoms with Gasteiger partial charge in [0.25, 0.3) is 5.56 Å². The lowest BCUT2D eigenvalue weighted by atomic mass is 10.1. The van der Waals surface area contributed by atoms with Crippen molar-refractivity contribution in [3.05, 3.63) is 58.2 Å². The molecule has 1 amide bonds. The van der Waals surface area contributed by atoms with Crippen LogP contribution in [-0.4, -0.2) is 33.9 Å². The van der Waals surface area contributed by atoms with Crippen molar-refractivity contribution in [1.29, 1.82) is 0 Å². The van der Waals surface area contributed by atoms with Crippen LogP contribution in [-0.2, 0) is 11.3 Å². The van der Waals surface area contributed by atoms with Gasteiger partial charge < -0.3 is 5.32 Å². The fraction of sp³-hybridized carbons (Fsp3) is 0.250. The highest BCUT2D eigenvalue weighted by molar-refractivity contribution is 7.99. The fourth-order valence-corrected chi connectivity index (χ4v) is 4.56. The van der Waals surface area contributed by atoms with Gasteiger partial charge in [-0.15, -0.1) is 17.9 Å². The summed E-state index contributed by atoms with van der Waals surface area (Å²) in [4.78, 5) is 29.9. The second-order valence-corrected chi connectivity index (χ2v) is 8.28. The Bertz CT molecular complexity index is 1140. The Morgan fingerprint density at radius 1 is 1.33 bits per heavy atom. The molecule has 158 valence electrons. The monoisotopic (exact) mass is 453 g/mol. The molecule has 0 atom stereocenters. The number of aromatic nitrogens is 2. The molecule has 1 aromatic carbocycles. The molecule has 5 nitrogen and oxygen atoms in total. The van der Waals surface area contributed by atoms with Gasteiger partial charge in [-0.25, -0.2) is 4.98 Å². The number of thioether (sulfide) groups is 1. The summed E-state index contributed by atoms with van der Waals surface area (Å²) >= 11 is 2.22. The highest BCUT2D eigenvalue weighted by Crippen LogP contribution is 2.32. The lowest BCUT2D eigenvalue weighted by Crippen LogP contribution is -2.35. The third-order valence-electron chi connectivity index (χ3n) is 4.15. The van der Waals surface area contributed by atoms with Gasteiger partial charge in [-0.05, 0) is 12.5 Å². The van der Waals surface area contributed by atoms with E-state index in [9.17, 15) is 22.8 Å². The van der Waals surface area contributed by atoms with Gasteiger partial charge in [0.15, 0.2) is 5.16 Å². The molecule has 30 heavy (non-hydrogen) atoms. The Kier molecular flexibility index (Phi) is 6.67. The Morgan fingerprint density at radius 3 is 2.67 bits per heavy atom. The molecule has 0 unspecified atom stereocenters. The average molecular weight is 454 g/mol. The van der Waals surface area contributed by atoms with Crippen molar-refractivity contribution < 1.29 is 18.0 Å². The van der Waals surface area contributed by atoms with Crippen LogP contribution < -0.4 is 10.9 Å². The molecule has 0 radical (unpaired) electrons. The van der Waals surface area contributed by atoms with Gasteiger partial charge in [0.1, 0.15) is 11.4 Å². The Balaban J connectivity index is 1.93. The minimum Gasteiger partial charge on any atom is -0.346 e. The van der Waals surface area contributed by atoms with Crippen LogP contribution in [0, 0.1) is 6.92 Å². The Morgan fingerprint density at radius 2 is 2.03 bits per heavy atom. The molecule has 0 aliphatic carbocycles. The van der Waals surface area contributed by atoms with Crippen LogP contribution in [0.15, 0.2) is 52.3 Å². The summed E-state index contributed by atoms with van der Waals surface area (Å²) in [5, 5.41) is 4.39. The van der Waals surface area contributed by atoms with Gasteiger partial charge in [-0.1, -0.05) is 47.7 Å². The number of hydrogen-bond acceptors (Lipinski definition) is 5. The van der Waals surface area contributed by atoms with Crippen molar-refractivity contribution >= 4 is 39.2 Å². The van der Waals surface area contributed by atoms with Crippen molar-refractivity contribution in [3.63, 3.8) is 0 Å². The number of benzene rings is 1. The number of alkyl halides is 3. The van der Waals surface area contributed by atoms with Gasteiger partial charge in [0.2, 0.25) is 5.91 Å². The number of halogens is 3. The van der Waals surface area contributed by atoms with E-state index in [0.717, 1.165) is 28.5 Å². The van der Waals surface area contributed by atoms with Crippen LogP contribution in [0.1, 0.15) is 5.56 Å². The smallest absolute Gasteiger partial charge is 0.346 e. The maximum atomic E-state index is 13.2. The number of allylic oxidation sites excluding steroid dienone is 1. The van der Waals surface area contributed by atoms with Crippen molar-refractivity contribution in [2.45, 2.75) is 24.8 Å². The summed E-state index contributed by atoms with van der Waals surface area (Å²) < 4.78 is 38.1. The Hall–Kier alpha value is -2.59. The van der Waals surface area contributed by atoms with E-state index in [1.807, 2.05) is 41.9 Å². The number of amides is 1. The van der Waals surface area contributed by atoms with Gasteiger partial charge in [0.05, 0.1) is 11.1 Å². The second kappa shape index (κ2) is 9.05. The molecule has 3 aromatic rings. The zero-order chi connectivity index (χ0) is 21.9. The number of rotatable bonds is 7. The third kappa shape index (κ3) is 5.11. The molecular weight excluding hydrogens is 435 g/mol. The number of aryl methyl sites for hydroxylation is 1. The number of carbonyl (C=O) groups is 1. The molecule has 0 saturated heterocycles. The summed E-state index contributed by atoms with van der Waals surface area (Å²) in [5.41, 5.74) is 2.48. The molecule has 1 N–H and O–H groups in total. The van der Waals surface area contributed by atoms with Crippen LogP contribution >= 0.6 is 23.1 Å². The molecule has 0 aliphatic rings. The van der Waals surface area contributed by atoms with Crippen LogP contribution in [0.2, 0.25) is 0 Å². The van der Waals surface area contributed by atoms with Crippen LogP contribution in [0.25, 0.3) is 21.3 Å². The van der Waals surface area contributed by atoms with E-state index in [2.05, 4.69) is 11.6 Å². The van der Waals surface area contributed by atoms with E-state index in [-0.39, 0.29) is 23.0 Å². The summed E-state index contributed by atoms with van der Waals surface area (Å²) in [5.74, 6) is -1.08. The quantitative estimate of drug-likeness (QED) is 0.327. The molecule has 0 spiro atoms. The number of carbonyl (C=O) groups excluding carboxylic acids is 1. The zero-order valence-corrected chi connectivity index (χ0v) is 17.6. The number of fused-ring (bicyclic) bond motifs is 1. The van der Waals surface area contributed by atoms with Gasteiger partial charge in [0, 0.05) is 17.5 Å². The highest BCUT2D eigenvalue weighted by atomic mass is 32.2. The Labute approximate surface area is 178 Å². The molecule has 2 aromatic heterocycles. The van der Waals surface area contributed by atoms with Crippen molar-refractivity contribution in [1.82, 2.24) is 14.9 Å². The van der Waals surface area contributed by atoms with Crippen molar-refractivity contribution in [3.8, 4) is 11.1 Å². The van der Waals surface area contributed by atoms with E-state index < -0.39 is 18.6 Å². The van der Waals surface area contributed by atoms with E-state index in [1.165, 1.54) is 22.0 Å². The molecule has 0 fully saturated rings. The number of nitrogens with one attached hydrogen (secondary N) is 1. The number of thiophene rings is 1. The standard InChI is InChI=1S/C20H18F3N3O2S2/c1-3-8-26-18(28)16-14(13-6-4-12(2)5-7-13)9-29-17(16)25-19(26)30-10-15(27)24-11-20(21,22)23/h3-7,9H,1,8,10-11H2,2H3,(H,24,27). The van der Waals surface area contributed by atoms with Crippen molar-refractivity contribution in [2.24, 2.45) is 0 Å². The predicted molar refractivity (Wildman–Crippen MR) is 114 cm³/mol. The van der Waals surface area contributed by atoms with E-state index in [0.29, 0.717) is 10.2 Å². The maximum Gasteiger partial charge on any atom is 0.405 e. The van der Waals surface area contributed by atoms with Crippen molar-refractivity contribution in [2.75, 3.05) is 12.3 Å². The average Bonchev–Trinajstić information content (AvgIpc) is 3.11. The van der Waals surface area contributed by atoms with Gasteiger partial charge in [-0.2, -0.15) is 13.2 Å². The minimum atomic E-state index is -4.48. The van der Waals surface area contributed by atoms with Crippen LogP contribution in [0.4, 0.5) is 13.2 Å². The molecular formula is C20H18F3N3O2S2. The molecule has 0 aliphatic heterocycles. The topological polar surface area (TPSA) is 64.0 Å². The first kappa shape index (κ1) is 22.1. The summed E-state index contributed by atoms with van der Waals surface area (Å²) in [6.45, 7) is 4.39. The molecule has 2 heterocycles. The fourth-order valence-electron chi connectivity index (χ4n) is 2.73. The largest absolute Gasteiger partial charge is 0.405 e. The number of nitrogens with zero attached hydrogens (tertiary/aromatic N) is 2. The first-order valence-electron chi connectivity index (χ1n) is 8.86. The first-order chi connectivity index (χ1) is 14.2. The molecule has 0 bridgehead atoms. The molecule has 3 rings (SSSR count). The summed E-state index contributed by atoms with van der Waals surface area (Å²) in [6.07, 6.45) is -2.95. The van der Waals surface area contributed by atoms with Gasteiger partial charge >= 0.3 is 6.18 Å². The van der Waals surface area contributed by atoms with Gasteiger partial charge in [-0.3, -0.25) is 14.2 Å². The second-order valence-electron chi connectivity index (χ2n) is 6.47. The maximum absolute atomic E-state index is 13.2. The highest BCUT2D eigenvalue weighted by Gasteiger charge is 2.27. The summed E-state index contributed by atoms with van der Waals surface area (Å²) in [7, 11) is 0. The van der Waals surface area contributed by atoms with E-state index in [4.69, 9.17) is 0 Å². The van der Waals surface area contributed by atoms with Crippen LogP contribution in [0.3, 0.4) is 0 Å². The number of hydrogen-bond donors (Lipinski definition) is 1. The lowest BCUT2D eigenvalue weighted by molar-refractivity contribution is -0.136. The zero-order valence-electron chi connectivity index (χ0n) is 16.0. The van der Waals surface area contributed by atoms with E-state index >= 15 is 0 Å². The SMILES string of the molecule is C=CCn1c(SCC(=O)NCC(F)(F)F)nc2scc(-c3ccc(C)cc3)c2c1=O. The predicted octanol–water partition coefficient (Wildman–Crippen LogP) is 4.39.